The highest BCUT2D eigenvalue weighted by Gasteiger charge is 2.18. The monoisotopic (exact) mass is 308 g/mol. The topological polar surface area (TPSA) is 141 Å². The first-order chi connectivity index (χ1) is 9.77. The molecule has 110 valence electrons. The fourth-order valence-electron chi connectivity index (χ4n) is 1.67. The van der Waals surface area contributed by atoms with Crippen LogP contribution in [0.25, 0.3) is 0 Å². The maximum absolute atomic E-state index is 11.3. The van der Waals surface area contributed by atoms with Crippen molar-refractivity contribution in [3.63, 3.8) is 0 Å². The molecule has 0 heterocycles. The van der Waals surface area contributed by atoms with Gasteiger partial charge in [0.25, 0.3) is 5.69 Å². The van der Waals surface area contributed by atoms with Crippen LogP contribution < -0.4 is 16.2 Å². The zero-order valence-electron chi connectivity index (χ0n) is 10.7. The molecule has 0 radical (unpaired) electrons. The van der Waals surface area contributed by atoms with Gasteiger partial charge in [0.15, 0.2) is 0 Å². The van der Waals surface area contributed by atoms with Gasteiger partial charge in [0.05, 0.1) is 9.82 Å². The van der Waals surface area contributed by atoms with Crippen LogP contribution in [0.3, 0.4) is 0 Å². The SMILES string of the molecule is Nc1ccc(Nc2cc(S(N)(=O)=O)ccc2[N+](=O)[O-])cc1. The number of hydrogen-bond acceptors (Lipinski definition) is 6. The standard InChI is InChI=1S/C12H12N4O4S/c13-8-1-3-9(4-2-8)15-11-7-10(21(14,19)20)5-6-12(11)16(17)18/h1-7,15H,13H2,(H2,14,19,20). The minimum absolute atomic E-state index is 0.0243. The van der Waals surface area contributed by atoms with Gasteiger partial charge >= 0.3 is 0 Å². The second-order valence-electron chi connectivity index (χ2n) is 4.23. The summed E-state index contributed by atoms with van der Waals surface area (Å²) in [6.07, 6.45) is 0. The first-order valence-electron chi connectivity index (χ1n) is 5.71. The van der Waals surface area contributed by atoms with Crippen LogP contribution in [0.1, 0.15) is 0 Å². The van der Waals surface area contributed by atoms with E-state index in [0.29, 0.717) is 11.4 Å². The molecule has 0 saturated carbocycles. The number of nitrogens with zero attached hydrogens (tertiary/aromatic N) is 1. The van der Waals surface area contributed by atoms with Crippen LogP contribution in [-0.4, -0.2) is 13.3 Å². The van der Waals surface area contributed by atoms with Gasteiger partial charge in [-0.15, -0.1) is 0 Å². The zero-order chi connectivity index (χ0) is 15.6. The zero-order valence-corrected chi connectivity index (χ0v) is 11.5. The van der Waals surface area contributed by atoms with E-state index in [1.807, 2.05) is 0 Å². The Morgan fingerprint density at radius 2 is 1.71 bits per heavy atom. The Morgan fingerprint density at radius 3 is 2.24 bits per heavy atom. The lowest BCUT2D eigenvalue weighted by Gasteiger charge is -2.09. The Kier molecular flexibility index (Phi) is 3.78. The molecule has 0 atom stereocenters. The van der Waals surface area contributed by atoms with Crippen LogP contribution >= 0.6 is 0 Å². The summed E-state index contributed by atoms with van der Waals surface area (Å²) in [4.78, 5) is 10.2. The van der Waals surface area contributed by atoms with Crippen LogP contribution in [0, 0.1) is 10.1 Å². The number of anilines is 3. The summed E-state index contributed by atoms with van der Waals surface area (Å²) < 4.78 is 22.7. The first-order valence-corrected chi connectivity index (χ1v) is 7.26. The molecular formula is C12H12N4O4S. The highest BCUT2D eigenvalue weighted by molar-refractivity contribution is 7.89. The third-order valence-electron chi connectivity index (χ3n) is 2.68. The molecule has 0 aliphatic rings. The van der Waals surface area contributed by atoms with Gasteiger partial charge < -0.3 is 11.1 Å². The van der Waals surface area contributed by atoms with Gasteiger partial charge in [-0.2, -0.15) is 0 Å². The average Bonchev–Trinajstić information content (AvgIpc) is 2.40. The van der Waals surface area contributed by atoms with Gasteiger partial charge in [0, 0.05) is 17.4 Å². The number of primary sulfonamides is 1. The number of hydrogen-bond donors (Lipinski definition) is 3. The van der Waals surface area contributed by atoms with Crippen molar-refractivity contribution in [3.8, 4) is 0 Å². The Balaban J connectivity index is 2.48. The number of nitro benzene ring substituents is 1. The molecule has 8 nitrogen and oxygen atoms in total. The molecule has 0 amide bonds. The van der Waals surface area contributed by atoms with E-state index in [1.165, 1.54) is 0 Å². The fraction of sp³-hybridized carbons (Fsp3) is 0. The molecule has 5 N–H and O–H groups in total. The van der Waals surface area contributed by atoms with E-state index in [1.54, 1.807) is 24.3 Å². The summed E-state index contributed by atoms with van der Waals surface area (Å²) in [6, 6.07) is 9.73. The van der Waals surface area contributed by atoms with E-state index in [9.17, 15) is 18.5 Å². The largest absolute Gasteiger partial charge is 0.399 e. The second-order valence-corrected chi connectivity index (χ2v) is 5.79. The molecule has 0 aromatic heterocycles. The quantitative estimate of drug-likeness (QED) is 0.444. The molecule has 2 aromatic carbocycles. The van der Waals surface area contributed by atoms with Crippen LogP contribution in [0.2, 0.25) is 0 Å². The summed E-state index contributed by atoms with van der Waals surface area (Å²) in [5.74, 6) is 0. The van der Waals surface area contributed by atoms with E-state index < -0.39 is 14.9 Å². The van der Waals surface area contributed by atoms with Gasteiger partial charge in [0.1, 0.15) is 5.69 Å². The molecule has 0 spiro atoms. The number of nitrogens with two attached hydrogens (primary N) is 2. The lowest BCUT2D eigenvalue weighted by molar-refractivity contribution is -0.384. The smallest absolute Gasteiger partial charge is 0.292 e. The van der Waals surface area contributed by atoms with E-state index in [-0.39, 0.29) is 16.3 Å². The van der Waals surface area contributed by atoms with Gasteiger partial charge in [0.2, 0.25) is 10.0 Å². The number of rotatable bonds is 4. The predicted molar refractivity (Wildman–Crippen MR) is 78.6 cm³/mol. The van der Waals surface area contributed by atoms with Crippen molar-refractivity contribution in [1.82, 2.24) is 0 Å². The van der Waals surface area contributed by atoms with Crippen molar-refractivity contribution in [2.24, 2.45) is 5.14 Å². The van der Waals surface area contributed by atoms with Crippen LogP contribution in [0.5, 0.6) is 0 Å². The van der Waals surface area contributed by atoms with Crippen molar-refractivity contribution < 1.29 is 13.3 Å². The van der Waals surface area contributed by atoms with Gasteiger partial charge in [-0.05, 0) is 36.4 Å². The van der Waals surface area contributed by atoms with E-state index in [0.717, 1.165) is 18.2 Å². The van der Waals surface area contributed by atoms with E-state index in [4.69, 9.17) is 10.9 Å². The van der Waals surface area contributed by atoms with E-state index >= 15 is 0 Å². The van der Waals surface area contributed by atoms with Crippen molar-refractivity contribution in [3.05, 3.63) is 52.6 Å². The van der Waals surface area contributed by atoms with Crippen molar-refractivity contribution >= 4 is 32.8 Å². The highest BCUT2D eigenvalue weighted by atomic mass is 32.2. The molecule has 0 saturated heterocycles. The number of nitrogens with one attached hydrogen (secondary N) is 1. The van der Waals surface area contributed by atoms with Crippen LogP contribution in [0.4, 0.5) is 22.7 Å². The summed E-state index contributed by atoms with van der Waals surface area (Å²) in [6.45, 7) is 0. The molecule has 2 rings (SSSR count). The molecule has 0 fully saturated rings. The maximum Gasteiger partial charge on any atom is 0.292 e. The van der Waals surface area contributed by atoms with Crippen molar-refractivity contribution in [2.45, 2.75) is 4.90 Å². The van der Waals surface area contributed by atoms with Crippen LogP contribution in [-0.2, 0) is 10.0 Å². The number of sulfonamides is 1. The molecule has 2 aromatic rings. The van der Waals surface area contributed by atoms with Gasteiger partial charge in [-0.25, -0.2) is 13.6 Å². The molecule has 21 heavy (non-hydrogen) atoms. The average molecular weight is 308 g/mol. The molecule has 0 unspecified atom stereocenters. The lowest BCUT2D eigenvalue weighted by atomic mass is 10.2. The molecule has 0 aliphatic carbocycles. The summed E-state index contributed by atoms with van der Waals surface area (Å²) in [5, 5.41) is 18.8. The molecule has 0 bridgehead atoms. The fourth-order valence-corrected chi connectivity index (χ4v) is 2.21. The van der Waals surface area contributed by atoms with Crippen molar-refractivity contribution in [2.75, 3.05) is 11.1 Å². The maximum atomic E-state index is 11.3. The van der Waals surface area contributed by atoms with Gasteiger partial charge in [-0.3, -0.25) is 10.1 Å². The lowest BCUT2D eigenvalue weighted by Crippen LogP contribution is -2.12. The number of nitro groups is 1. The predicted octanol–water partition coefficient (Wildman–Crippen LogP) is 1.57. The van der Waals surface area contributed by atoms with Crippen LogP contribution in [0.15, 0.2) is 47.4 Å². The van der Waals surface area contributed by atoms with Gasteiger partial charge in [-0.1, -0.05) is 0 Å². The number of benzene rings is 2. The van der Waals surface area contributed by atoms with E-state index in [2.05, 4.69) is 5.32 Å². The summed E-state index contributed by atoms with van der Waals surface area (Å²) >= 11 is 0. The van der Waals surface area contributed by atoms with Crippen molar-refractivity contribution in [1.29, 1.82) is 0 Å². The molecular weight excluding hydrogens is 296 g/mol. The minimum atomic E-state index is -3.95. The Hall–Kier alpha value is -2.65. The summed E-state index contributed by atoms with van der Waals surface area (Å²) in [7, 11) is -3.95. The summed E-state index contributed by atoms with van der Waals surface area (Å²) in [5.41, 5.74) is 6.37. The first kappa shape index (κ1) is 14.8. The third kappa shape index (κ3) is 3.46. The Bertz CT molecular complexity index is 787. The second kappa shape index (κ2) is 5.38. The third-order valence-corrected chi connectivity index (χ3v) is 3.59. The molecule has 0 aliphatic heterocycles. The Morgan fingerprint density at radius 1 is 1.10 bits per heavy atom. The normalized spacial score (nSPS) is 11.1. The Labute approximate surface area is 120 Å². The molecule has 9 heteroatoms. The highest BCUT2D eigenvalue weighted by Crippen LogP contribution is 2.30. The number of nitrogen functional groups attached to an aromatic ring is 1. The minimum Gasteiger partial charge on any atom is -0.399 e.